The van der Waals surface area contributed by atoms with Crippen LogP contribution in [-0.2, 0) is 9.53 Å². The average Bonchev–Trinajstić information content (AvgIpc) is 2.78. The minimum absolute atomic E-state index is 0.130. The number of hydrogen-bond donors (Lipinski definition) is 1. The summed E-state index contributed by atoms with van der Waals surface area (Å²) < 4.78 is 5.95. The summed E-state index contributed by atoms with van der Waals surface area (Å²) in [6.45, 7) is 0. The number of aliphatic hydroxyl groups is 1. The van der Waals surface area contributed by atoms with Gasteiger partial charge in [-0.2, -0.15) is 0 Å². The number of fused-ring (bicyclic) bond motifs is 2. The topological polar surface area (TPSA) is 46.5 Å². The quantitative estimate of drug-likeness (QED) is 0.511. The second-order valence-electron chi connectivity index (χ2n) is 7.37. The molecule has 1 aliphatic rings. The van der Waals surface area contributed by atoms with Crippen LogP contribution in [0.25, 0.3) is 21.5 Å². The summed E-state index contributed by atoms with van der Waals surface area (Å²) in [6, 6.07) is 27.7. The molecule has 1 N–H and O–H groups in total. The molecule has 5 rings (SSSR count). The Balaban J connectivity index is 1.65. The van der Waals surface area contributed by atoms with Crippen LogP contribution in [-0.4, -0.2) is 10.9 Å². The molecule has 0 aliphatic carbocycles. The van der Waals surface area contributed by atoms with E-state index in [9.17, 15) is 9.90 Å². The van der Waals surface area contributed by atoms with Crippen molar-refractivity contribution in [2.75, 3.05) is 0 Å². The van der Waals surface area contributed by atoms with Crippen molar-refractivity contribution in [2.45, 2.75) is 12.2 Å². The molecule has 0 fully saturated rings. The molecule has 3 atom stereocenters. The number of rotatable bonds is 3. The van der Waals surface area contributed by atoms with Gasteiger partial charge in [0, 0.05) is 11.6 Å². The maximum atomic E-state index is 12.9. The van der Waals surface area contributed by atoms with Crippen molar-refractivity contribution in [3.8, 4) is 0 Å². The molecule has 0 amide bonds. The predicted octanol–water partition coefficient (Wildman–Crippen LogP) is 5.50. The van der Waals surface area contributed by atoms with Crippen molar-refractivity contribution in [2.24, 2.45) is 5.92 Å². The van der Waals surface area contributed by atoms with Gasteiger partial charge in [-0.05, 0) is 27.1 Å². The van der Waals surface area contributed by atoms with E-state index in [0.717, 1.165) is 32.7 Å². The number of benzene rings is 4. The lowest BCUT2D eigenvalue weighted by Gasteiger charge is -2.32. The molecule has 0 radical (unpaired) electrons. The van der Waals surface area contributed by atoms with E-state index < -0.39 is 18.1 Å². The van der Waals surface area contributed by atoms with Crippen LogP contribution < -0.4 is 0 Å². The summed E-state index contributed by atoms with van der Waals surface area (Å²) in [5.74, 6) is -0.855. The van der Waals surface area contributed by atoms with Crippen LogP contribution in [0.5, 0.6) is 0 Å². The van der Waals surface area contributed by atoms with Gasteiger partial charge < -0.3 is 9.84 Å². The van der Waals surface area contributed by atoms with E-state index >= 15 is 0 Å². The molecule has 3 nitrogen and oxygen atoms in total. The SMILES string of the molecule is O=C1C=CO[C@@H](c2cccc3ccccc23)[C@@H]1[C@H](O)c1cccc2ccccc12. The highest BCUT2D eigenvalue weighted by molar-refractivity contribution is 5.95. The molecule has 1 aliphatic heterocycles. The summed E-state index contributed by atoms with van der Waals surface area (Å²) in [4.78, 5) is 12.9. The van der Waals surface area contributed by atoms with Gasteiger partial charge >= 0.3 is 0 Å². The Morgan fingerprint density at radius 3 is 2.17 bits per heavy atom. The van der Waals surface area contributed by atoms with Gasteiger partial charge in [-0.15, -0.1) is 0 Å². The Labute approximate surface area is 168 Å². The Morgan fingerprint density at radius 2 is 1.38 bits per heavy atom. The molecule has 3 heteroatoms. The van der Waals surface area contributed by atoms with Crippen molar-refractivity contribution in [1.82, 2.24) is 0 Å². The fourth-order valence-corrected chi connectivity index (χ4v) is 4.32. The average molecular weight is 380 g/mol. The highest BCUT2D eigenvalue weighted by Crippen LogP contribution is 2.42. The maximum absolute atomic E-state index is 12.9. The van der Waals surface area contributed by atoms with Gasteiger partial charge in [0.15, 0.2) is 5.78 Å². The van der Waals surface area contributed by atoms with E-state index in [-0.39, 0.29) is 5.78 Å². The minimum atomic E-state index is -0.984. The molecule has 0 aromatic heterocycles. The molecular weight excluding hydrogens is 360 g/mol. The van der Waals surface area contributed by atoms with E-state index in [1.165, 1.54) is 12.3 Å². The monoisotopic (exact) mass is 380 g/mol. The van der Waals surface area contributed by atoms with Gasteiger partial charge in [0.05, 0.1) is 18.3 Å². The number of ketones is 1. The van der Waals surface area contributed by atoms with Gasteiger partial charge in [0.2, 0.25) is 0 Å². The van der Waals surface area contributed by atoms with Crippen molar-refractivity contribution < 1.29 is 14.6 Å². The smallest absolute Gasteiger partial charge is 0.168 e. The number of carbonyl (C=O) groups excluding carboxylic acids is 1. The first-order valence-corrected chi connectivity index (χ1v) is 9.73. The molecule has 4 aromatic carbocycles. The molecule has 0 saturated heterocycles. The van der Waals surface area contributed by atoms with E-state index in [0.29, 0.717) is 0 Å². The zero-order valence-corrected chi connectivity index (χ0v) is 15.7. The number of hydrogen-bond acceptors (Lipinski definition) is 3. The van der Waals surface area contributed by atoms with Crippen LogP contribution in [0.1, 0.15) is 23.3 Å². The number of aliphatic hydroxyl groups excluding tert-OH is 1. The Bertz CT molecular complexity index is 1230. The third-order valence-corrected chi connectivity index (χ3v) is 5.72. The second kappa shape index (κ2) is 7.19. The normalized spacial score (nSPS) is 20.0. The second-order valence-corrected chi connectivity index (χ2v) is 7.37. The summed E-state index contributed by atoms with van der Waals surface area (Å²) in [5.41, 5.74) is 1.65. The van der Waals surface area contributed by atoms with E-state index in [1.54, 1.807) is 0 Å². The summed E-state index contributed by atoms with van der Waals surface area (Å²) >= 11 is 0. The number of allylic oxidation sites excluding steroid dienone is 1. The molecule has 142 valence electrons. The molecule has 0 spiro atoms. The summed E-state index contributed by atoms with van der Waals surface area (Å²) in [7, 11) is 0. The molecular formula is C26H20O3. The van der Waals surface area contributed by atoms with Crippen molar-refractivity contribution >= 4 is 27.3 Å². The lowest BCUT2D eigenvalue weighted by Crippen LogP contribution is -2.31. The largest absolute Gasteiger partial charge is 0.492 e. The first-order chi connectivity index (χ1) is 14.2. The Morgan fingerprint density at radius 1 is 0.759 bits per heavy atom. The van der Waals surface area contributed by atoms with Gasteiger partial charge in [-0.25, -0.2) is 0 Å². The third kappa shape index (κ3) is 3.00. The lowest BCUT2D eigenvalue weighted by molar-refractivity contribution is -0.130. The molecule has 0 unspecified atom stereocenters. The maximum Gasteiger partial charge on any atom is 0.168 e. The van der Waals surface area contributed by atoms with Crippen LogP contribution >= 0.6 is 0 Å². The Kier molecular flexibility index (Phi) is 4.38. The molecule has 4 aromatic rings. The molecule has 0 bridgehead atoms. The van der Waals surface area contributed by atoms with Crippen LogP contribution in [0.4, 0.5) is 0 Å². The first-order valence-electron chi connectivity index (χ1n) is 9.73. The number of ether oxygens (including phenoxy) is 1. The fraction of sp³-hybridized carbons (Fsp3) is 0.115. The standard InChI is InChI=1S/C26H20O3/c27-23-15-16-29-26(22-14-6-10-18-8-2-4-12-20(18)22)24(23)25(28)21-13-5-9-17-7-1-3-11-19(17)21/h1-16,24-26,28H/t24-,25+,26-/m0/s1. The zero-order chi connectivity index (χ0) is 19.8. The van der Waals surface area contributed by atoms with Crippen molar-refractivity contribution in [3.63, 3.8) is 0 Å². The highest BCUT2D eigenvalue weighted by atomic mass is 16.5. The van der Waals surface area contributed by atoms with E-state index in [4.69, 9.17) is 4.74 Å². The minimum Gasteiger partial charge on any atom is -0.492 e. The summed E-state index contributed by atoms with van der Waals surface area (Å²) in [5, 5.41) is 15.5. The fourth-order valence-electron chi connectivity index (χ4n) is 4.32. The van der Waals surface area contributed by atoms with Crippen LogP contribution in [0.2, 0.25) is 0 Å². The van der Waals surface area contributed by atoms with Crippen LogP contribution in [0, 0.1) is 5.92 Å². The van der Waals surface area contributed by atoms with Gasteiger partial charge in [-0.1, -0.05) is 84.9 Å². The third-order valence-electron chi connectivity index (χ3n) is 5.72. The van der Waals surface area contributed by atoms with E-state index in [1.807, 2.05) is 84.9 Å². The Hall–Kier alpha value is -3.43. The molecule has 1 heterocycles. The van der Waals surface area contributed by atoms with Crippen LogP contribution in [0.3, 0.4) is 0 Å². The van der Waals surface area contributed by atoms with Crippen molar-refractivity contribution in [1.29, 1.82) is 0 Å². The van der Waals surface area contributed by atoms with Crippen LogP contribution in [0.15, 0.2) is 97.3 Å². The predicted molar refractivity (Wildman–Crippen MR) is 114 cm³/mol. The number of carbonyl (C=O) groups is 1. The lowest BCUT2D eigenvalue weighted by atomic mass is 9.81. The van der Waals surface area contributed by atoms with Gasteiger partial charge in [0.25, 0.3) is 0 Å². The highest BCUT2D eigenvalue weighted by Gasteiger charge is 2.39. The van der Waals surface area contributed by atoms with Gasteiger partial charge in [0.1, 0.15) is 6.10 Å². The molecule has 29 heavy (non-hydrogen) atoms. The first kappa shape index (κ1) is 17.7. The van der Waals surface area contributed by atoms with Crippen molar-refractivity contribution in [3.05, 3.63) is 108 Å². The van der Waals surface area contributed by atoms with Gasteiger partial charge in [-0.3, -0.25) is 4.79 Å². The summed E-state index contributed by atoms with van der Waals surface area (Å²) in [6.07, 6.45) is 1.32. The van der Waals surface area contributed by atoms with E-state index in [2.05, 4.69) is 0 Å². The zero-order valence-electron chi connectivity index (χ0n) is 15.7. The molecule has 0 saturated carbocycles.